The van der Waals surface area contributed by atoms with E-state index in [2.05, 4.69) is 0 Å². The highest BCUT2D eigenvalue weighted by Gasteiger charge is 2.19. The predicted molar refractivity (Wildman–Crippen MR) is 62.1 cm³/mol. The maximum atomic E-state index is 11.8. The molecular formula is C11H13NO2S. The first-order chi connectivity index (χ1) is 7.16. The van der Waals surface area contributed by atoms with Crippen molar-refractivity contribution in [1.82, 2.24) is 4.90 Å². The van der Waals surface area contributed by atoms with Crippen molar-refractivity contribution in [3.8, 4) is 0 Å². The van der Waals surface area contributed by atoms with Crippen LogP contribution >= 0.6 is 0 Å². The van der Waals surface area contributed by atoms with Crippen molar-refractivity contribution in [1.29, 1.82) is 0 Å². The molecule has 1 aromatic carbocycles. The summed E-state index contributed by atoms with van der Waals surface area (Å²) in [6, 6.07) is 9.28. The van der Waals surface area contributed by atoms with Crippen LogP contribution in [0.1, 0.15) is 11.5 Å². The van der Waals surface area contributed by atoms with Gasteiger partial charge in [0, 0.05) is 19.5 Å². The zero-order valence-corrected chi connectivity index (χ0v) is 9.53. The highest BCUT2D eigenvalue weighted by Crippen LogP contribution is 2.14. The Kier molecular flexibility index (Phi) is 4.24. The van der Waals surface area contributed by atoms with Crippen LogP contribution in [0.4, 0.5) is 0 Å². The third-order valence-corrected chi connectivity index (χ3v) is 2.44. The third-order valence-electron chi connectivity index (χ3n) is 2.06. The quantitative estimate of drug-likeness (QED) is 0.713. The summed E-state index contributed by atoms with van der Waals surface area (Å²) in [5.74, 6) is -0.534. The lowest BCUT2D eigenvalue weighted by molar-refractivity contribution is -0.128. The molecule has 0 N–H and O–H groups in total. The molecule has 0 aromatic heterocycles. The fraction of sp³-hybridized carbons (Fsp3) is 0.273. The van der Waals surface area contributed by atoms with Gasteiger partial charge in [-0.1, -0.05) is 30.3 Å². The summed E-state index contributed by atoms with van der Waals surface area (Å²) >= 11 is 0.328. The highest BCUT2D eigenvalue weighted by atomic mass is 32.1. The smallest absolute Gasteiger partial charge is 0.234 e. The summed E-state index contributed by atoms with van der Waals surface area (Å²) in [6.07, 6.45) is 0. The van der Waals surface area contributed by atoms with Crippen LogP contribution in [-0.2, 0) is 16.1 Å². The molecule has 1 amide bonds. The third kappa shape index (κ3) is 3.02. The molecule has 0 fully saturated rings. The van der Waals surface area contributed by atoms with Gasteiger partial charge in [-0.25, -0.2) is 4.21 Å². The van der Waals surface area contributed by atoms with Crippen LogP contribution in [0.3, 0.4) is 0 Å². The fourth-order valence-electron chi connectivity index (χ4n) is 1.27. The van der Waals surface area contributed by atoms with Gasteiger partial charge in [0.1, 0.15) is 0 Å². The Balaban J connectivity index is 3.04. The number of amides is 1. The molecule has 0 aliphatic rings. The van der Waals surface area contributed by atoms with Crippen LogP contribution in [0.5, 0.6) is 0 Å². The first-order valence-electron chi connectivity index (χ1n) is 4.55. The minimum atomic E-state index is -0.455. The summed E-state index contributed by atoms with van der Waals surface area (Å²) in [5.41, 5.74) is 0.847. The first-order valence-corrected chi connectivity index (χ1v) is 5.35. The molecule has 1 atom stereocenters. The highest BCUT2D eigenvalue weighted by molar-refractivity contribution is 7.65. The zero-order chi connectivity index (χ0) is 11.3. The van der Waals surface area contributed by atoms with Gasteiger partial charge in [0.15, 0.2) is 0 Å². The van der Waals surface area contributed by atoms with Crippen LogP contribution in [0.2, 0.25) is 0 Å². The van der Waals surface area contributed by atoms with Crippen LogP contribution in [0, 0.1) is 0 Å². The van der Waals surface area contributed by atoms with Crippen LogP contribution in [0.25, 0.3) is 0 Å². The van der Waals surface area contributed by atoms with Crippen molar-refractivity contribution in [3.05, 3.63) is 35.9 Å². The maximum Gasteiger partial charge on any atom is 0.234 e. The number of likely N-dealkylation sites (N-methyl/N-ethyl adjacent to an activating group) is 1. The number of rotatable bonds is 3. The summed E-state index contributed by atoms with van der Waals surface area (Å²) in [7, 11) is 3.36. The predicted octanol–water partition coefficient (Wildman–Crippen LogP) is 0.874. The van der Waals surface area contributed by atoms with E-state index in [1.807, 2.05) is 30.3 Å². The Morgan fingerprint density at radius 2 is 1.93 bits per heavy atom. The maximum absolute atomic E-state index is 11.8. The van der Waals surface area contributed by atoms with Gasteiger partial charge < -0.3 is 4.90 Å². The molecule has 15 heavy (non-hydrogen) atoms. The standard InChI is InChI=1S/C11H13NO2S/c1-12(2)11(13)10(8-15-14)9-6-4-3-5-7-9/h3-8,10H,1-2H3. The Bertz CT molecular complexity index is 383. The zero-order valence-electron chi connectivity index (χ0n) is 8.71. The van der Waals surface area contributed by atoms with E-state index in [0.717, 1.165) is 5.56 Å². The molecule has 1 rings (SSSR count). The van der Waals surface area contributed by atoms with E-state index in [9.17, 15) is 9.00 Å². The lowest BCUT2D eigenvalue weighted by atomic mass is 10.0. The monoisotopic (exact) mass is 223 g/mol. The van der Waals surface area contributed by atoms with Gasteiger partial charge in [-0.05, 0) is 5.56 Å². The Morgan fingerprint density at radius 1 is 1.33 bits per heavy atom. The van der Waals surface area contributed by atoms with Crippen molar-refractivity contribution in [2.24, 2.45) is 0 Å². The number of hydrogen-bond donors (Lipinski definition) is 0. The largest absolute Gasteiger partial charge is 0.348 e. The number of carbonyl (C=O) groups is 1. The van der Waals surface area contributed by atoms with Gasteiger partial charge in [-0.15, -0.1) is 0 Å². The van der Waals surface area contributed by atoms with Crippen molar-refractivity contribution in [2.75, 3.05) is 14.1 Å². The van der Waals surface area contributed by atoms with Gasteiger partial charge in [-0.2, -0.15) is 0 Å². The number of hydrogen-bond acceptors (Lipinski definition) is 2. The van der Waals surface area contributed by atoms with E-state index in [1.54, 1.807) is 14.1 Å². The minimum absolute atomic E-state index is 0.0791. The number of benzene rings is 1. The normalized spacial score (nSPS) is 11.6. The van der Waals surface area contributed by atoms with E-state index >= 15 is 0 Å². The number of carbonyl (C=O) groups excluding carboxylic acids is 1. The lowest BCUT2D eigenvalue weighted by Gasteiger charge is -2.16. The molecule has 0 aliphatic heterocycles. The van der Waals surface area contributed by atoms with Gasteiger partial charge in [0.2, 0.25) is 5.91 Å². The number of nitrogens with zero attached hydrogens (tertiary/aromatic N) is 1. The average molecular weight is 223 g/mol. The molecule has 0 saturated carbocycles. The van der Waals surface area contributed by atoms with Gasteiger partial charge in [0.25, 0.3) is 0 Å². The molecule has 0 heterocycles. The molecule has 0 saturated heterocycles. The van der Waals surface area contributed by atoms with E-state index in [1.165, 1.54) is 10.3 Å². The van der Waals surface area contributed by atoms with E-state index in [4.69, 9.17) is 0 Å². The molecular weight excluding hydrogens is 210 g/mol. The van der Waals surface area contributed by atoms with Crippen LogP contribution in [-0.4, -0.2) is 34.5 Å². The summed E-state index contributed by atoms with van der Waals surface area (Å²) in [6.45, 7) is 0. The molecule has 3 nitrogen and oxygen atoms in total. The molecule has 0 bridgehead atoms. The lowest BCUT2D eigenvalue weighted by Crippen LogP contribution is -2.29. The molecule has 1 unspecified atom stereocenters. The van der Waals surface area contributed by atoms with Crippen molar-refractivity contribution in [2.45, 2.75) is 5.92 Å². The van der Waals surface area contributed by atoms with Crippen molar-refractivity contribution in [3.63, 3.8) is 0 Å². The molecule has 4 heteroatoms. The Hall–Kier alpha value is -1.42. The van der Waals surface area contributed by atoms with Crippen molar-refractivity contribution < 1.29 is 9.00 Å². The van der Waals surface area contributed by atoms with E-state index < -0.39 is 5.92 Å². The molecule has 0 radical (unpaired) electrons. The van der Waals surface area contributed by atoms with Gasteiger partial charge in [0.05, 0.1) is 17.2 Å². The van der Waals surface area contributed by atoms with E-state index in [-0.39, 0.29) is 5.91 Å². The van der Waals surface area contributed by atoms with Gasteiger partial charge >= 0.3 is 0 Å². The molecule has 80 valence electrons. The van der Waals surface area contributed by atoms with Crippen LogP contribution < -0.4 is 0 Å². The summed E-state index contributed by atoms with van der Waals surface area (Å²) in [4.78, 5) is 13.3. The summed E-state index contributed by atoms with van der Waals surface area (Å²) < 4.78 is 10.5. The fourth-order valence-corrected chi connectivity index (χ4v) is 1.66. The second-order valence-electron chi connectivity index (χ2n) is 3.35. The average Bonchev–Trinajstić information content (AvgIpc) is 2.26. The molecule has 0 aliphatic carbocycles. The topological polar surface area (TPSA) is 37.4 Å². The second-order valence-corrected chi connectivity index (χ2v) is 3.82. The molecule has 0 spiro atoms. The van der Waals surface area contributed by atoms with Gasteiger partial charge in [-0.3, -0.25) is 4.79 Å². The van der Waals surface area contributed by atoms with E-state index in [0.29, 0.717) is 11.3 Å². The molecule has 1 aromatic rings. The van der Waals surface area contributed by atoms with Crippen molar-refractivity contribution >= 4 is 22.5 Å². The minimum Gasteiger partial charge on any atom is -0.348 e. The Morgan fingerprint density at radius 3 is 2.40 bits per heavy atom. The summed E-state index contributed by atoms with van der Waals surface area (Å²) in [5, 5.41) is 1.41. The first kappa shape index (κ1) is 11.7. The Labute approximate surface area is 92.8 Å². The van der Waals surface area contributed by atoms with Crippen LogP contribution in [0.15, 0.2) is 30.3 Å². The second kappa shape index (κ2) is 5.46. The SMILES string of the molecule is CN(C)C(=O)C(C=S=O)c1ccccc1.